The molecule has 1 aliphatic rings. The second-order valence-electron chi connectivity index (χ2n) is 2.28. The largest absolute Gasteiger partial charge is 0.0882 e. The van der Waals surface area contributed by atoms with E-state index in [4.69, 9.17) is 0 Å². The Hall–Kier alpha value is -0.520. The first kappa shape index (κ1) is 6.60. The van der Waals surface area contributed by atoms with Gasteiger partial charge in [0, 0.05) is 0 Å². The Kier molecular flexibility index (Phi) is 3.20. The monoisotopic (exact) mass is 121 g/mol. The van der Waals surface area contributed by atoms with Crippen molar-refractivity contribution in [3.8, 4) is 0 Å². The van der Waals surface area contributed by atoms with Crippen molar-refractivity contribution in [2.75, 3.05) is 0 Å². The third kappa shape index (κ3) is 3.12. The number of hydrogen-bond acceptors (Lipinski definition) is 0. The molecular weight excluding hydrogens is 108 g/mol. The van der Waals surface area contributed by atoms with Crippen molar-refractivity contribution in [1.82, 2.24) is 0 Å². The highest BCUT2D eigenvalue weighted by atomic mass is 13.9. The highest BCUT2D eigenvalue weighted by molar-refractivity contribution is 4.96. The normalized spacial score (nSPS) is 27.6. The summed E-state index contributed by atoms with van der Waals surface area (Å²) in [5, 5.41) is 0. The fourth-order valence-corrected chi connectivity index (χ4v) is 0.909. The number of allylic oxidation sites excluding steroid dienone is 4. The molecule has 0 aromatic heterocycles. The molecule has 0 nitrogen and oxygen atoms in total. The van der Waals surface area contributed by atoms with Gasteiger partial charge in [0.2, 0.25) is 0 Å². The summed E-state index contributed by atoms with van der Waals surface area (Å²) in [6.45, 7) is 0. The van der Waals surface area contributed by atoms with E-state index in [2.05, 4.69) is 30.7 Å². The second kappa shape index (κ2) is 4.37. The van der Waals surface area contributed by atoms with Crippen molar-refractivity contribution in [3.05, 3.63) is 30.7 Å². The van der Waals surface area contributed by atoms with Crippen LogP contribution in [-0.2, 0) is 0 Å². The zero-order valence-electron chi connectivity index (χ0n) is 5.72. The van der Waals surface area contributed by atoms with Gasteiger partial charge in [0.05, 0.1) is 0 Å². The Bertz CT molecular complexity index is 95.2. The third-order valence-electron chi connectivity index (χ3n) is 1.44. The lowest BCUT2D eigenvalue weighted by Crippen LogP contribution is -1.67. The average molecular weight is 121 g/mol. The first-order valence-corrected chi connectivity index (χ1v) is 3.62. The van der Waals surface area contributed by atoms with Gasteiger partial charge in [-0.25, -0.2) is 0 Å². The highest BCUT2D eigenvalue weighted by Gasteiger charge is 1.84. The van der Waals surface area contributed by atoms with Crippen molar-refractivity contribution in [3.63, 3.8) is 0 Å². The average Bonchev–Trinajstić information content (AvgIpc) is 2.00. The van der Waals surface area contributed by atoms with Gasteiger partial charge in [-0.3, -0.25) is 0 Å². The molecule has 0 saturated heterocycles. The molecule has 9 heavy (non-hydrogen) atoms. The van der Waals surface area contributed by atoms with Crippen LogP contribution in [0.5, 0.6) is 0 Å². The molecule has 0 amide bonds. The third-order valence-corrected chi connectivity index (χ3v) is 1.44. The smallest absolute Gasteiger partial charge is 0.0311 e. The predicted molar refractivity (Wildman–Crippen MR) is 41.0 cm³/mol. The molecule has 0 aromatic rings. The fourth-order valence-electron chi connectivity index (χ4n) is 0.909. The van der Waals surface area contributed by atoms with Gasteiger partial charge in [-0.15, -0.1) is 0 Å². The Labute approximate surface area is 57.3 Å². The Morgan fingerprint density at radius 3 is 1.78 bits per heavy atom. The summed E-state index contributed by atoms with van der Waals surface area (Å²) in [4.78, 5) is 0. The second-order valence-corrected chi connectivity index (χ2v) is 2.28. The van der Waals surface area contributed by atoms with Crippen LogP contribution in [0.25, 0.3) is 0 Å². The van der Waals surface area contributed by atoms with E-state index in [9.17, 15) is 0 Å². The van der Waals surface area contributed by atoms with Gasteiger partial charge >= 0.3 is 0 Å². The molecule has 0 N–H and O–H groups in total. The first-order valence-electron chi connectivity index (χ1n) is 3.62. The first-order chi connectivity index (χ1) is 4.50. The van der Waals surface area contributed by atoms with Crippen LogP contribution >= 0.6 is 0 Å². The molecule has 1 rings (SSSR count). The van der Waals surface area contributed by atoms with Crippen molar-refractivity contribution < 1.29 is 0 Å². The summed E-state index contributed by atoms with van der Waals surface area (Å²) in [6, 6.07) is 0. The van der Waals surface area contributed by atoms with E-state index in [-0.39, 0.29) is 0 Å². The molecule has 1 aliphatic carbocycles. The lowest BCUT2D eigenvalue weighted by molar-refractivity contribution is 1.05. The van der Waals surface area contributed by atoms with Crippen LogP contribution in [0.1, 0.15) is 25.7 Å². The zero-order chi connectivity index (χ0) is 6.36. The molecule has 0 unspecified atom stereocenters. The number of hydrogen-bond donors (Lipinski definition) is 0. The van der Waals surface area contributed by atoms with Crippen LogP contribution in [-0.4, -0.2) is 0 Å². The molecule has 0 aromatic carbocycles. The van der Waals surface area contributed by atoms with Gasteiger partial charge in [0.1, 0.15) is 0 Å². The Balaban J connectivity index is 2.28. The van der Waals surface area contributed by atoms with E-state index >= 15 is 0 Å². The number of rotatable bonds is 0. The summed E-state index contributed by atoms with van der Waals surface area (Å²) in [5.74, 6) is 0. The minimum absolute atomic E-state index is 1.14. The van der Waals surface area contributed by atoms with Crippen LogP contribution in [0, 0.1) is 6.42 Å². The highest BCUT2D eigenvalue weighted by Crippen LogP contribution is 2.03. The van der Waals surface area contributed by atoms with E-state index in [1.807, 2.05) is 0 Å². The molecule has 0 fully saturated rings. The van der Waals surface area contributed by atoms with E-state index < -0.39 is 0 Å². The van der Waals surface area contributed by atoms with Gasteiger partial charge in [0.25, 0.3) is 0 Å². The predicted octanol–water partition coefficient (Wildman–Crippen LogP) is 2.88. The molecule has 0 bridgehead atoms. The quantitative estimate of drug-likeness (QED) is 0.432. The molecule has 0 spiro atoms. The molecule has 1 radical (unpaired) electrons. The molecule has 0 heteroatoms. The summed E-state index contributed by atoms with van der Waals surface area (Å²) in [6.07, 6.45) is 16.0. The standard InChI is InChI=1S/C9H13/c1-2-4-6-8-9-7-5-3-1/h1-2,5,8-9H,3-4,6-7H2/b2-1-,9-8+. The van der Waals surface area contributed by atoms with Gasteiger partial charge < -0.3 is 0 Å². The van der Waals surface area contributed by atoms with Crippen LogP contribution in [0.2, 0.25) is 0 Å². The van der Waals surface area contributed by atoms with Crippen molar-refractivity contribution >= 4 is 0 Å². The van der Waals surface area contributed by atoms with Gasteiger partial charge in [0.15, 0.2) is 0 Å². The maximum atomic E-state index is 2.29. The lowest BCUT2D eigenvalue weighted by atomic mass is 10.2. The summed E-state index contributed by atoms with van der Waals surface area (Å²) in [5.41, 5.74) is 0. The zero-order valence-corrected chi connectivity index (χ0v) is 5.72. The summed E-state index contributed by atoms with van der Waals surface area (Å²) in [7, 11) is 0. The SMILES string of the molecule is [CH]1C/C=C\CC/C=C/C1. The Morgan fingerprint density at radius 1 is 0.667 bits per heavy atom. The molecule has 0 aliphatic heterocycles. The van der Waals surface area contributed by atoms with Gasteiger partial charge in [-0.1, -0.05) is 24.3 Å². The maximum absolute atomic E-state index is 2.29. The van der Waals surface area contributed by atoms with Crippen LogP contribution in [0.3, 0.4) is 0 Å². The molecule has 49 valence electrons. The summed E-state index contributed by atoms with van der Waals surface area (Å²) < 4.78 is 0. The van der Waals surface area contributed by atoms with Gasteiger partial charge in [-0.2, -0.15) is 0 Å². The topological polar surface area (TPSA) is 0 Å². The molecule has 0 atom stereocenters. The fraction of sp³-hybridized carbons (Fsp3) is 0.444. The minimum atomic E-state index is 1.14. The molecule has 0 heterocycles. The van der Waals surface area contributed by atoms with E-state index in [0.717, 1.165) is 12.8 Å². The minimum Gasteiger partial charge on any atom is -0.0882 e. The van der Waals surface area contributed by atoms with Crippen molar-refractivity contribution in [1.29, 1.82) is 0 Å². The maximum Gasteiger partial charge on any atom is -0.0311 e. The van der Waals surface area contributed by atoms with Crippen LogP contribution < -0.4 is 0 Å². The molecular formula is C9H13. The molecule has 0 saturated carbocycles. The van der Waals surface area contributed by atoms with Crippen LogP contribution in [0.15, 0.2) is 24.3 Å². The van der Waals surface area contributed by atoms with Crippen LogP contribution in [0.4, 0.5) is 0 Å². The van der Waals surface area contributed by atoms with Crippen molar-refractivity contribution in [2.45, 2.75) is 25.7 Å². The lowest BCUT2D eigenvalue weighted by Gasteiger charge is -1.85. The van der Waals surface area contributed by atoms with E-state index in [1.165, 1.54) is 12.8 Å². The van der Waals surface area contributed by atoms with E-state index in [0.29, 0.717) is 0 Å². The van der Waals surface area contributed by atoms with Gasteiger partial charge in [-0.05, 0) is 32.1 Å². The summed E-state index contributed by atoms with van der Waals surface area (Å²) >= 11 is 0. The van der Waals surface area contributed by atoms with Crippen molar-refractivity contribution in [2.24, 2.45) is 0 Å². The Morgan fingerprint density at radius 2 is 1.22 bits per heavy atom. The van der Waals surface area contributed by atoms with E-state index in [1.54, 1.807) is 0 Å².